The van der Waals surface area contributed by atoms with Crippen LogP contribution in [0.3, 0.4) is 0 Å². The smallest absolute Gasteiger partial charge is 0.433 e. The van der Waals surface area contributed by atoms with Gasteiger partial charge < -0.3 is 19.9 Å². The van der Waals surface area contributed by atoms with Crippen molar-refractivity contribution in [2.45, 2.75) is 135 Å². The molecule has 1 heterocycles. The molecule has 0 aliphatic carbocycles. The highest BCUT2D eigenvalue weighted by Crippen LogP contribution is 2.24. The highest BCUT2D eigenvalue weighted by Gasteiger charge is 2.47. The van der Waals surface area contributed by atoms with Crippen molar-refractivity contribution in [3.05, 3.63) is 0 Å². The van der Waals surface area contributed by atoms with Crippen LogP contribution in [0.5, 0.6) is 0 Å². The molecule has 210 valence electrons. The van der Waals surface area contributed by atoms with E-state index in [0.29, 0.717) is 6.42 Å². The number of ether oxygens (including phenoxy) is 3. The molecule has 1 amide bonds. The fourth-order valence-corrected chi connectivity index (χ4v) is 4.08. The minimum atomic E-state index is -5.21. The van der Waals surface area contributed by atoms with Gasteiger partial charge in [-0.1, -0.05) is 84.0 Å². The second-order valence-electron chi connectivity index (χ2n) is 9.37. The van der Waals surface area contributed by atoms with Gasteiger partial charge in [-0.25, -0.2) is 9.59 Å². The summed E-state index contributed by atoms with van der Waals surface area (Å²) < 4.78 is 51.8. The van der Waals surface area contributed by atoms with Crippen molar-refractivity contribution in [3.8, 4) is 0 Å². The van der Waals surface area contributed by atoms with Crippen LogP contribution >= 0.6 is 0 Å². The summed E-state index contributed by atoms with van der Waals surface area (Å²) in [6.07, 6.45) is 6.54. The van der Waals surface area contributed by atoms with Crippen molar-refractivity contribution < 1.29 is 41.8 Å². The van der Waals surface area contributed by atoms with Crippen LogP contribution in [0, 0.1) is 0 Å². The molecule has 0 radical (unpaired) electrons. The molecular weight excluding hydrogens is 481 g/mol. The summed E-state index contributed by atoms with van der Waals surface area (Å²) in [4.78, 5) is 36.2. The number of hydrogen-bond donors (Lipinski definition) is 1. The number of carbonyl (C=O) groups is 3. The molecule has 0 saturated carbocycles. The van der Waals surface area contributed by atoms with Crippen LogP contribution in [0.25, 0.3) is 0 Å². The molecular formula is C25H43F3N2O6. The number of halogens is 3. The number of hydrogen-bond acceptors (Lipinski definition) is 7. The van der Waals surface area contributed by atoms with Crippen LogP contribution in [0.4, 0.5) is 18.0 Å². The van der Waals surface area contributed by atoms with Gasteiger partial charge in [0.05, 0.1) is 6.04 Å². The maximum absolute atomic E-state index is 12.5. The van der Waals surface area contributed by atoms with Gasteiger partial charge in [-0.2, -0.15) is 13.2 Å². The lowest BCUT2D eigenvalue weighted by molar-refractivity contribution is -0.211. The Bertz CT molecular complexity index is 662. The van der Waals surface area contributed by atoms with E-state index in [4.69, 9.17) is 15.2 Å². The molecule has 3 atom stereocenters. The number of alkyl halides is 3. The average Bonchev–Trinajstić information content (AvgIpc) is 3.16. The van der Waals surface area contributed by atoms with E-state index in [1.807, 2.05) is 0 Å². The van der Waals surface area contributed by atoms with Gasteiger partial charge in [0, 0.05) is 19.9 Å². The molecule has 1 unspecified atom stereocenters. The van der Waals surface area contributed by atoms with Gasteiger partial charge in [-0.3, -0.25) is 9.69 Å². The summed E-state index contributed by atoms with van der Waals surface area (Å²) in [6.45, 7) is 3.49. The first kappa shape index (κ1) is 32.0. The van der Waals surface area contributed by atoms with Crippen LogP contribution in [0.1, 0.15) is 110 Å². The highest BCUT2D eigenvalue weighted by atomic mass is 19.4. The normalized spacial score (nSPS) is 18.7. The predicted molar refractivity (Wildman–Crippen MR) is 128 cm³/mol. The van der Waals surface area contributed by atoms with Crippen LogP contribution < -0.4 is 5.73 Å². The van der Waals surface area contributed by atoms with Gasteiger partial charge in [0.15, 0.2) is 6.23 Å². The first-order valence-electron chi connectivity index (χ1n) is 13.3. The monoisotopic (exact) mass is 524 g/mol. The van der Waals surface area contributed by atoms with E-state index in [-0.39, 0.29) is 19.4 Å². The van der Waals surface area contributed by atoms with E-state index < -0.39 is 42.8 Å². The second kappa shape index (κ2) is 17.4. The first-order chi connectivity index (χ1) is 17.1. The summed E-state index contributed by atoms with van der Waals surface area (Å²) in [5.41, 5.74) is 5.67. The van der Waals surface area contributed by atoms with Gasteiger partial charge >= 0.3 is 24.2 Å². The Labute approximate surface area is 212 Å². The Morgan fingerprint density at radius 3 is 1.89 bits per heavy atom. The topological polar surface area (TPSA) is 108 Å². The molecule has 1 fully saturated rings. The molecule has 1 aliphatic heterocycles. The van der Waals surface area contributed by atoms with Gasteiger partial charge in [0.1, 0.15) is 0 Å². The molecule has 8 nitrogen and oxygen atoms in total. The lowest BCUT2D eigenvalue weighted by Crippen LogP contribution is -2.48. The van der Waals surface area contributed by atoms with Crippen LogP contribution in [-0.4, -0.2) is 54.2 Å². The van der Waals surface area contributed by atoms with Gasteiger partial charge in [0.25, 0.3) is 0 Å². The third-order valence-corrected chi connectivity index (χ3v) is 6.12. The largest absolute Gasteiger partial charge is 0.491 e. The van der Waals surface area contributed by atoms with E-state index in [1.54, 1.807) is 0 Å². The fourth-order valence-electron chi connectivity index (χ4n) is 4.08. The van der Waals surface area contributed by atoms with Crippen LogP contribution in [0.15, 0.2) is 0 Å². The van der Waals surface area contributed by atoms with E-state index >= 15 is 0 Å². The van der Waals surface area contributed by atoms with Crippen molar-refractivity contribution in [1.29, 1.82) is 0 Å². The molecule has 11 heteroatoms. The molecule has 1 aliphatic rings. The Balaban J connectivity index is 2.15. The van der Waals surface area contributed by atoms with E-state index in [2.05, 4.69) is 11.7 Å². The molecule has 0 bridgehead atoms. The maximum Gasteiger partial charge on any atom is 0.491 e. The molecule has 0 spiro atoms. The lowest BCUT2D eigenvalue weighted by Gasteiger charge is -2.27. The van der Waals surface area contributed by atoms with Crippen LogP contribution in [-0.2, 0) is 23.8 Å². The summed E-state index contributed by atoms with van der Waals surface area (Å²) >= 11 is 0. The second-order valence-corrected chi connectivity index (χ2v) is 9.37. The quantitative estimate of drug-likeness (QED) is 0.142. The van der Waals surface area contributed by atoms with E-state index in [9.17, 15) is 27.6 Å². The summed E-state index contributed by atoms with van der Waals surface area (Å²) in [6, 6.07) is -0.989. The zero-order chi connectivity index (χ0) is 27.0. The van der Waals surface area contributed by atoms with Gasteiger partial charge in [-0.05, 0) is 12.8 Å². The fraction of sp³-hybridized carbons (Fsp3) is 0.880. The SMILES string of the molecule is CCCCCCCCCCCCCCCC(=O)O[C@H](C)OC(=O)N1CC[C@H](N)C1OC(=O)C(F)(F)F. The molecule has 0 aromatic carbocycles. The van der Waals surface area contributed by atoms with Gasteiger partial charge in [0.2, 0.25) is 6.29 Å². The summed E-state index contributed by atoms with van der Waals surface area (Å²) in [5, 5.41) is 0. The Morgan fingerprint density at radius 2 is 1.39 bits per heavy atom. The van der Waals surface area contributed by atoms with Crippen molar-refractivity contribution in [1.82, 2.24) is 4.90 Å². The van der Waals surface area contributed by atoms with E-state index in [1.165, 1.54) is 64.7 Å². The number of rotatable bonds is 17. The maximum atomic E-state index is 12.5. The van der Waals surface area contributed by atoms with Crippen molar-refractivity contribution in [3.63, 3.8) is 0 Å². The zero-order valence-electron chi connectivity index (χ0n) is 21.7. The zero-order valence-corrected chi connectivity index (χ0v) is 21.7. The summed E-state index contributed by atoms with van der Waals surface area (Å²) in [5.74, 6) is -2.98. The minimum Gasteiger partial charge on any atom is -0.433 e. The number of amides is 1. The molecule has 2 N–H and O–H groups in total. The Morgan fingerprint density at radius 1 is 0.889 bits per heavy atom. The average molecular weight is 525 g/mol. The third kappa shape index (κ3) is 13.3. The van der Waals surface area contributed by atoms with Crippen molar-refractivity contribution in [2.24, 2.45) is 5.73 Å². The van der Waals surface area contributed by atoms with Crippen LogP contribution in [0.2, 0.25) is 0 Å². The molecule has 0 aromatic rings. The number of likely N-dealkylation sites (tertiary alicyclic amines) is 1. The third-order valence-electron chi connectivity index (χ3n) is 6.12. The first-order valence-corrected chi connectivity index (χ1v) is 13.3. The molecule has 1 rings (SSSR count). The number of esters is 2. The highest BCUT2D eigenvalue weighted by molar-refractivity contribution is 5.76. The number of nitrogens with two attached hydrogens (primary N) is 1. The summed E-state index contributed by atoms with van der Waals surface area (Å²) in [7, 11) is 0. The standard InChI is InChI=1S/C25H43F3N2O6/c1-3-4-5-6-7-8-9-10-11-12-13-14-15-16-21(31)34-19(2)35-24(33)30-18-17-20(29)22(30)36-23(32)25(26,27)28/h19-20,22H,3-18,29H2,1-2H3/t19-,20-,22?/m0/s1. The predicted octanol–water partition coefficient (Wildman–Crippen LogP) is 5.96. The van der Waals surface area contributed by atoms with E-state index in [0.717, 1.165) is 24.2 Å². The Kier molecular flexibility index (Phi) is 15.5. The van der Waals surface area contributed by atoms with Crippen molar-refractivity contribution in [2.75, 3.05) is 6.54 Å². The number of unbranched alkanes of at least 4 members (excludes halogenated alkanes) is 12. The molecule has 0 aromatic heterocycles. The lowest BCUT2D eigenvalue weighted by atomic mass is 10.0. The number of nitrogens with zero attached hydrogens (tertiary/aromatic N) is 1. The van der Waals surface area contributed by atoms with Crippen molar-refractivity contribution >= 4 is 18.0 Å². The Hall–Kier alpha value is -2.04. The molecule has 36 heavy (non-hydrogen) atoms. The molecule has 1 saturated heterocycles. The number of carbonyl (C=O) groups excluding carboxylic acids is 3. The minimum absolute atomic E-state index is 0.0601. The van der Waals surface area contributed by atoms with Gasteiger partial charge in [-0.15, -0.1) is 0 Å².